The van der Waals surface area contributed by atoms with Gasteiger partial charge in [-0.25, -0.2) is 0 Å². The molecule has 2 fully saturated rings. The van der Waals surface area contributed by atoms with Crippen LogP contribution in [0.15, 0.2) is 0 Å². The molecule has 0 aliphatic heterocycles. The number of hydrogen-bond donors (Lipinski definition) is 1. The van der Waals surface area contributed by atoms with Gasteiger partial charge in [0.2, 0.25) is 0 Å². The molecule has 2 rings (SSSR count). The van der Waals surface area contributed by atoms with Crippen molar-refractivity contribution in [3.05, 3.63) is 0 Å². The zero-order valence-corrected chi connectivity index (χ0v) is 8.98. The highest BCUT2D eigenvalue weighted by Gasteiger charge is 2.47. The van der Waals surface area contributed by atoms with Crippen LogP contribution in [-0.2, 0) is 0 Å². The molecule has 2 aliphatic rings. The summed E-state index contributed by atoms with van der Waals surface area (Å²) in [6.45, 7) is 0. The highest BCUT2D eigenvalue weighted by atomic mass is 19.4. The fourth-order valence-electron chi connectivity index (χ4n) is 3.03. The summed E-state index contributed by atoms with van der Waals surface area (Å²) in [5.41, 5.74) is 0. The summed E-state index contributed by atoms with van der Waals surface area (Å²) in [4.78, 5) is 0. The molecule has 2 saturated carbocycles. The van der Waals surface area contributed by atoms with E-state index >= 15 is 0 Å². The van der Waals surface area contributed by atoms with Gasteiger partial charge in [-0.1, -0.05) is 0 Å². The summed E-state index contributed by atoms with van der Waals surface area (Å²) in [6.07, 6.45) is -0.792. The van der Waals surface area contributed by atoms with E-state index in [1.54, 1.807) is 7.05 Å². The molecule has 0 aromatic carbocycles. The maximum atomic E-state index is 12.1. The lowest BCUT2D eigenvalue weighted by molar-refractivity contribution is -0.137. The first kappa shape index (κ1) is 11.2. The maximum Gasteiger partial charge on any atom is 0.389 e. The Labute approximate surface area is 88.4 Å². The van der Waals surface area contributed by atoms with Crippen LogP contribution in [0, 0.1) is 17.8 Å². The second-order valence-electron chi connectivity index (χ2n) is 5.04. The molecule has 0 amide bonds. The number of hydrogen-bond acceptors (Lipinski definition) is 1. The van der Waals surface area contributed by atoms with Crippen molar-refractivity contribution in [1.29, 1.82) is 0 Å². The number of alkyl halides is 3. The Kier molecular flexibility index (Phi) is 2.97. The van der Waals surface area contributed by atoms with Crippen molar-refractivity contribution >= 4 is 0 Å². The van der Waals surface area contributed by atoms with Crippen molar-refractivity contribution in [3.8, 4) is 0 Å². The van der Waals surface area contributed by atoms with E-state index in [0.29, 0.717) is 5.92 Å². The molecule has 0 heterocycles. The molecule has 0 saturated heterocycles. The van der Waals surface area contributed by atoms with Gasteiger partial charge in [-0.3, -0.25) is 0 Å². The minimum atomic E-state index is -4.00. The molecule has 3 unspecified atom stereocenters. The van der Waals surface area contributed by atoms with Crippen molar-refractivity contribution in [1.82, 2.24) is 5.32 Å². The van der Waals surface area contributed by atoms with E-state index in [-0.39, 0.29) is 12.5 Å². The lowest BCUT2D eigenvalue weighted by atomic mass is 9.91. The number of halogens is 3. The van der Waals surface area contributed by atoms with Crippen LogP contribution in [0.1, 0.15) is 32.1 Å². The van der Waals surface area contributed by atoms with Gasteiger partial charge in [0, 0.05) is 12.5 Å². The molecule has 0 radical (unpaired) electrons. The predicted octanol–water partition coefficient (Wildman–Crippen LogP) is 2.96. The lowest BCUT2D eigenvalue weighted by Gasteiger charge is -2.24. The van der Waals surface area contributed by atoms with E-state index in [2.05, 4.69) is 5.32 Å². The quantitative estimate of drug-likeness (QED) is 0.769. The van der Waals surface area contributed by atoms with Gasteiger partial charge in [0.15, 0.2) is 0 Å². The molecule has 0 spiro atoms. The Morgan fingerprint density at radius 2 is 1.80 bits per heavy atom. The van der Waals surface area contributed by atoms with Gasteiger partial charge in [-0.15, -0.1) is 0 Å². The fraction of sp³-hybridized carbons (Fsp3) is 1.00. The number of rotatable bonds is 4. The largest absolute Gasteiger partial charge is 0.389 e. The molecule has 2 aliphatic carbocycles. The van der Waals surface area contributed by atoms with Crippen LogP contribution in [0.3, 0.4) is 0 Å². The predicted molar refractivity (Wildman–Crippen MR) is 52.5 cm³/mol. The summed E-state index contributed by atoms with van der Waals surface area (Å²) in [6, 6.07) is 0.0689. The van der Waals surface area contributed by atoms with Crippen LogP contribution < -0.4 is 5.32 Å². The molecule has 0 aromatic heterocycles. The first-order valence-electron chi connectivity index (χ1n) is 5.73. The molecule has 4 heteroatoms. The monoisotopic (exact) mass is 221 g/mol. The van der Waals surface area contributed by atoms with Gasteiger partial charge in [0.05, 0.1) is 0 Å². The second-order valence-corrected chi connectivity index (χ2v) is 5.04. The highest BCUT2D eigenvalue weighted by Crippen LogP contribution is 2.55. The minimum Gasteiger partial charge on any atom is -0.317 e. The van der Waals surface area contributed by atoms with Crippen molar-refractivity contribution in [2.45, 2.75) is 44.3 Å². The first-order valence-corrected chi connectivity index (χ1v) is 5.73. The van der Waals surface area contributed by atoms with Crippen LogP contribution >= 0.6 is 0 Å². The molecule has 0 aromatic rings. The number of fused-ring (bicyclic) bond motifs is 1. The smallest absolute Gasteiger partial charge is 0.317 e. The third-order valence-electron chi connectivity index (χ3n) is 3.96. The third kappa shape index (κ3) is 2.86. The standard InChI is InChI=1S/C11H18F3N/c1-15-10(2-3-11(12,13)14)9-5-7-4-8(7)6-9/h7-10,15H,2-6H2,1H3. The molecule has 1 N–H and O–H groups in total. The summed E-state index contributed by atoms with van der Waals surface area (Å²) < 4.78 is 36.3. The Morgan fingerprint density at radius 1 is 1.20 bits per heavy atom. The molecule has 3 atom stereocenters. The van der Waals surface area contributed by atoms with Gasteiger partial charge in [0.1, 0.15) is 0 Å². The van der Waals surface area contributed by atoms with Gasteiger partial charge >= 0.3 is 6.18 Å². The SMILES string of the molecule is CNC(CCC(F)(F)F)C1CC2CC2C1. The summed E-state index contributed by atoms with van der Waals surface area (Å²) in [5.74, 6) is 2.18. The Balaban J connectivity index is 1.77. The van der Waals surface area contributed by atoms with Crippen LogP contribution in [0.4, 0.5) is 13.2 Å². The Hall–Kier alpha value is -0.250. The van der Waals surface area contributed by atoms with Gasteiger partial charge in [-0.2, -0.15) is 13.2 Å². The van der Waals surface area contributed by atoms with E-state index < -0.39 is 12.6 Å². The van der Waals surface area contributed by atoms with Crippen molar-refractivity contribution in [2.75, 3.05) is 7.05 Å². The maximum absolute atomic E-state index is 12.1. The van der Waals surface area contributed by atoms with E-state index in [1.165, 1.54) is 6.42 Å². The van der Waals surface area contributed by atoms with E-state index in [4.69, 9.17) is 0 Å². The zero-order valence-electron chi connectivity index (χ0n) is 8.98. The zero-order chi connectivity index (χ0) is 11.1. The molecular weight excluding hydrogens is 203 g/mol. The second kappa shape index (κ2) is 3.96. The normalized spacial score (nSPS) is 36.4. The van der Waals surface area contributed by atoms with Crippen LogP contribution in [0.2, 0.25) is 0 Å². The third-order valence-corrected chi connectivity index (χ3v) is 3.96. The van der Waals surface area contributed by atoms with Crippen molar-refractivity contribution in [2.24, 2.45) is 17.8 Å². The number of nitrogens with one attached hydrogen (secondary N) is 1. The summed E-state index contributed by atoms with van der Waals surface area (Å²) >= 11 is 0. The Morgan fingerprint density at radius 3 is 2.27 bits per heavy atom. The molecule has 88 valence electrons. The van der Waals surface area contributed by atoms with E-state index in [0.717, 1.165) is 24.7 Å². The van der Waals surface area contributed by atoms with Crippen LogP contribution in [0.25, 0.3) is 0 Å². The fourth-order valence-corrected chi connectivity index (χ4v) is 3.03. The van der Waals surface area contributed by atoms with Gasteiger partial charge in [0.25, 0.3) is 0 Å². The average molecular weight is 221 g/mol. The highest BCUT2D eigenvalue weighted by molar-refractivity contribution is 4.99. The molecule has 1 nitrogen and oxygen atoms in total. The average Bonchev–Trinajstić information content (AvgIpc) is 2.73. The Bertz CT molecular complexity index is 216. The van der Waals surface area contributed by atoms with Crippen LogP contribution in [-0.4, -0.2) is 19.3 Å². The van der Waals surface area contributed by atoms with Crippen molar-refractivity contribution < 1.29 is 13.2 Å². The molecule has 15 heavy (non-hydrogen) atoms. The summed E-state index contributed by atoms with van der Waals surface area (Å²) in [7, 11) is 1.78. The minimum absolute atomic E-state index is 0.0689. The van der Waals surface area contributed by atoms with Crippen LogP contribution in [0.5, 0.6) is 0 Å². The summed E-state index contributed by atoms with van der Waals surface area (Å²) in [5, 5.41) is 3.06. The topological polar surface area (TPSA) is 12.0 Å². The van der Waals surface area contributed by atoms with Crippen molar-refractivity contribution in [3.63, 3.8) is 0 Å². The molecular formula is C11H18F3N. The van der Waals surface area contributed by atoms with Gasteiger partial charge in [-0.05, 0) is 50.5 Å². The first-order chi connectivity index (χ1) is 6.99. The van der Waals surface area contributed by atoms with E-state index in [1.807, 2.05) is 0 Å². The van der Waals surface area contributed by atoms with Gasteiger partial charge < -0.3 is 5.32 Å². The molecule has 0 bridgehead atoms. The van der Waals surface area contributed by atoms with E-state index in [9.17, 15) is 13.2 Å². The lowest BCUT2D eigenvalue weighted by Crippen LogP contribution is -2.34.